The first-order chi connectivity index (χ1) is 9.78. The van der Waals surface area contributed by atoms with Gasteiger partial charge in [-0.1, -0.05) is 0 Å². The number of β-amino-alcohol motifs (C(OH)–C–C–N with tert-alkyl or cyclic N) is 1. The van der Waals surface area contributed by atoms with Crippen molar-refractivity contribution in [3.8, 4) is 0 Å². The van der Waals surface area contributed by atoms with Crippen molar-refractivity contribution in [1.82, 2.24) is 15.1 Å². The maximum atomic E-state index is 12.5. The van der Waals surface area contributed by atoms with Gasteiger partial charge < -0.3 is 25.3 Å². The average molecular weight is 299 g/mol. The number of aliphatic hydroxyl groups is 1. The second-order valence-electron chi connectivity index (χ2n) is 5.99. The van der Waals surface area contributed by atoms with Crippen LogP contribution in [0.15, 0.2) is 0 Å². The number of hydrogen-bond donors (Lipinski definition) is 3. The SMILES string of the molecule is CNC(=O)C1(C)CCN(C(=O)N2CC(O)CC2C(=O)O)C1. The van der Waals surface area contributed by atoms with Crippen LogP contribution in [0.4, 0.5) is 4.79 Å². The lowest BCUT2D eigenvalue weighted by atomic mass is 9.89. The van der Waals surface area contributed by atoms with Crippen LogP contribution in [0.2, 0.25) is 0 Å². The maximum absolute atomic E-state index is 12.5. The molecule has 2 aliphatic rings. The lowest BCUT2D eigenvalue weighted by molar-refractivity contribution is -0.141. The number of nitrogens with zero attached hydrogens (tertiary/aromatic N) is 2. The summed E-state index contributed by atoms with van der Waals surface area (Å²) in [5.74, 6) is -1.25. The van der Waals surface area contributed by atoms with E-state index in [1.807, 2.05) is 0 Å². The second kappa shape index (κ2) is 5.51. The summed E-state index contributed by atoms with van der Waals surface area (Å²) in [5, 5.41) is 21.3. The molecule has 0 saturated carbocycles. The highest BCUT2D eigenvalue weighted by atomic mass is 16.4. The zero-order valence-corrected chi connectivity index (χ0v) is 12.2. The fourth-order valence-corrected chi connectivity index (χ4v) is 3.05. The molecule has 3 amide bonds. The highest BCUT2D eigenvalue weighted by Crippen LogP contribution is 2.32. The Labute approximate surface area is 122 Å². The van der Waals surface area contributed by atoms with Gasteiger partial charge in [0.05, 0.1) is 11.5 Å². The Bertz CT molecular complexity index is 469. The summed E-state index contributed by atoms with van der Waals surface area (Å²) < 4.78 is 0. The van der Waals surface area contributed by atoms with E-state index >= 15 is 0 Å². The van der Waals surface area contributed by atoms with Crippen molar-refractivity contribution in [2.24, 2.45) is 5.41 Å². The molecule has 0 aromatic rings. The number of carboxylic acids is 1. The molecule has 2 rings (SSSR count). The highest BCUT2D eigenvalue weighted by molar-refractivity contribution is 5.86. The standard InChI is InChI=1S/C13H21N3O5/c1-13(11(20)14-2)3-4-15(7-13)12(21)16-6-8(17)5-9(16)10(18)19/h8-9,17H,3-7H2,1-2H3,(H,14,20)(H,18,19). The van der Waals surface area contributed by atoms with Crippen LogP contribution < -0.4 is 5.32 Å². The molecule has 0 radical (unpaired) electrons. The molecule has 0 bridgehead atoms. The molecule has 118 valence electrons. The molecule has 0 aliphatic carbocycles. The molecule has 3 atom stereocenters. The number of hydrogen-bond acceptors (Lipinski definition) is 4. The number of amides is 3. The van der Waals surface area contributed by atoms with E-state index in [0.717, 1.165) is 0 Å². The van der Waals surface area contributed by atoms with Crippen molar-refractivity contribution in [2.75, 3.05) is 26.7 Å². The zero-order valence-electron chi connectivity index (χ0n) is 12.2. The van der Waals surface area contributed by atoms with Gasteiger partial charge in [-0.3, -0.25) is 4.79 Å². The largest absolute Gasteiger partial charge is 0.480 e. The number of likely N-dealkylation sites (tertiary alicyclic amines) is 2. The van der Waals surface area contributed by atoms with Gasteiger partial charge in [0.1, 0.15) is 6.04 Å². The predicted octanol–water partition coefficient (Wildman–Crippen LogP) is -0.916. The fraction of sp³-hybridized carbons (Fsp3) is 0.769. The third-order valence-corrected chi connectivity index (χ3v) is 4.33. The van der Waals surface area contributed by atoms with Crippen molar-refractivity contribution in [1.29, 1.82) is 0 Å². The van der Waals surface area contributed by atoms with Crippen LogP contribution in [0.1, 0.15) is 19.8 Å². The van der Waals surface area contributed by atoms with E-state index in [4.69, 9.17) is 5.11 Å². The Kier molecular flexibility index (Phi) is 4.08. The molecule has 0 aromatic carbocycles. The van der Waals surface area contributed by atoms with Crippen molar-refractivity contribution in [3.05, 3.63) is 0 Å². The molecule has 3 N–H and O–H groups in total. The quantitative estimate of drug-likeness (QED) is 0.611. The van der Waals surface area contributed by atoms with Crippen LogP contribution >= 0.6 is 0 Å². The third kappa shape index (κ3) is 2.80. The molecule has 2 fully saturated rings. The number of nitrogens with one attached hydrogen (secondary N) is 1. The Hall–Kier alpha value is -1.83. The van der Waals surface area contributed by atoms with Gasteiger partial charge in [-0.15, -0.1) is 0 Å². The lowest BCUT2D eigenvalue weighted by Crippen LogP contribution is -2.48. The summed E-state index contributed by atoms with van der Waals surface area (Å²) in [6.07, 6.45) is -0.239. The van der Waals surface area contributed by atoms with Crippen molar-refractivity contribution in [2.45, 2.75) is 31.9 Å². The Balaban J connectivity index is 2.08. The summed E-state index contributed by atoms with van der Waals surface area (Å²) in [6.45, 7) is 2.46. The summed E-state index contributed by atoms with van der Waals surface area (Å²) >= 11 is 0. The summed E-state index contributed by atoms with van der Waals surface area (Å²) in [4.78, 5) is 38.1. The second-order valence-corrected chi connectivity index (χ2v) is 5.99. The molecule has 2 saturated heterocycles. The molecule has 21 heavy (non-hydrogen) atoms. The summed E-state index contributed by atoms with van der Waals surface area (Å²) in [6, 6.07) is -1.43. The lowest BCUT2D eigenvalue weighted by Gasteiger charge is -2.28. The molecular formula is C13H21N3O5. The third-order valence-electron chi connectivity index (χ3n) is 4.33. The molecular weight excluding hydrogens is 278 g/mol. The van der Waals surface area contributed by atoms with Crippen LogP contribution in [0.5, 0.6) is 0 Å². The van der Waals surface area contributed by atoms with Crippen molar-refractivity contribution >= 4 is 17.9 Å². The van der Waals surface area contributed by atoms with E-state index in [2.05, 4.69) is 5.32 Å². The van der Waals surface area contributed by atoms with Crippen LogP contribution in [0.3, 0.4) is 0 Å². The minimum absolute atomic E-state index is 0.0169. The van der Waals surface area contributed by atoms with Crippen molar-refractivity contribution in [3.63, 3.8) is 0 Å². The Morgan fingerprint density at radius 3 is 2.57 bits per heavy atom. The average Bonchev–Trinajstić information content (AvgIpc) is 3.01. The topological polar surface area (TPSA) is 110 Å². The Morgan fingerprint density at radius 2 is 2.00 bits per heavy atom. The Morgan fingerprint density at radius 1 is 1.33 bits per heavy atom. The molecule has 2 heterocycles. The molecule has 3 unspecified atom stereocenters. The van der Waals surface area contributed by atoms with E-state index in [1.165, 1.54) is 9.80 Å². The molecule has 2 aliphatic heterocycles. The summed E-state index contributed by atoms with van der Waals surface area (Å²) in [5.41, 5.74) is -0.651. The zero-order chi connectivity index (χ0) is 15.8. The molecule has 8 heteroatoms. The first-order valence-electron chi connectivity index (χ1n) is 6.97. The van der Waals surface area contributed by atoms with Crippen molar-refractivity contribution < 1.29 is 24.6 Å². The van der Waals surface area contributed by atoms with Gasteiger partial charge in [0.15, 0.2) is 0 Å². The predicted molar refractivity (Wildman–Crippen MR) is 72.5 cm³/mol. The van der Waals surface area contributed by atoms with Gasteiger partial charge in [0, 0.05) is 33.1 Å². The van der Waals surface area contributed by atoms with E-state index < -0.39 is 29.6 Å². The minimum Gasteiger partial charge on any atom is -0.480 e. The molecule has 0 spiro atoms. The van der Waals surface area contributed by atoms with E-state index in [9.17, 15) is 19.5 Å². The number of aliphatic hydroxyl groups excluding tert-OH is 1. The smallest absolute Gasteiger partial charge is 0.326 e. The highest BCUT2D eigenvalue weighted by Gasteiger charge is 2.46. The fourth-order valence-electron chi connectivity index (χ4n) is 3.05. The monoisotopic (exact) mass is 299 g/mol. The van der Waals surface area contributed by atoms with Gasteiger partial charge in [0.2, 0.25) is 5.91 Å². The van der Waals surface area contributed by atoms with Gasteiger partial charge in [-0.05, 0) is 13.3 Å². The van der Waals surface area contributed by atoms with Crippen LogP contribution in [0.25, 0.3) is 0 Å². The number of carbonyl (C=O) groups is 3. The number of urea groups is 1. The van der Waals surface area contributed by atoms with E-state index in [0.29, 0.717) is 13.0 Å². The first kappa shape index (κ1) is 15.6. The van der Waals surface area contributed by atoms with Crippen LogP contribution in [-0.4, -0.2) is 76.7 Å². The maximum Gasteiger partial charge on any atom is 0.326 e. The molecule has 0 aromatic heterocycles. The number of carbonyl (C=O) groups excluding carboxylic acids is 2. The number of aliphatic carboxylic acids is 1. The first-order valence-corrected chi connectivity index (χ1v) is 6.97. The molecule has 8 nitrogen and oxygen atoms in total. The van der Waals surface area contributed by atoms with Gasteiger partial charge >= 0.3 is 12.0 Å². The van der Waals surface area contributed by atoms with Gasteiger partial charge in [-0.2, -0.15) is 0 Å². The van der Waals surface area contributed by atoms with Gasteiger partial charge in [-0.25, -0.2) is 9.59 Å². The van der Waals surface area contributed by atoms with Crippen LogP contribution in [-0.2, 0) is 9.59 Å². The number of rotatable bonds is 2. The minimum atomic E-state index is -1.12. The van der Waals surface area contributed by atoms with Gasteiger partial charge in [0.25, 0.3) is 0 Å². The normalized spacial score (nSPS) is 32.3. The van der Waals surface area contributed by atoms with E-state index in [1.54, 1.807) is 14.0 Å². The van der Waals surface area contributed by atoms with Crippen LogP contribution in [0, 0.1) is 5.41 Å². The number of carboxylic acid groups (broad SMARTS) is 1. The van der Waals surface area contributed by atoms with E-state index in [-0.39, 0.29) is 25.4 Å². The summed E-state index contributed by atoms with van der Waals surface area (Å²) in [7, 11) is 1.55.